The van der Waals surface area contributed by atoms with E-state index in [4.69, 9.17) is 0 Å². The molecule has 0 aliphatic rings. The summed E-state index contributed by atoms with van der Waals surface area (Å²) in [5.74, 6) is -1.91. The molecule has 0 unspecified atom stereocenters. The number of aromatic nitrogens is 2. The van der Waals surface area contributed by atoms with E-state index in [2.05, 4.69) is 15.3 Å². The first-order chi connectivity index (χ1) is 10.6. The zero-order valence-electron chi connectivity index (χ0n) is 11.5. The van der Waals surface area contributed by atoms with Gasteiger partial charge in [-0.15, -0.1) is 0 Å². The molecule has 3 aromatic rings. The lowest BCUT2D eigenvalue weighted by atomic mass is 10.1. The van der Waals surface area contributed by atoms with Crippen molar-refractivity contribution >= 4 is 22.6 Å². The highest BCUT2D eigenvalue weighted by Gasteiger charge is 2.19. The third kappa shape index (κ3) is 2.71. The molecule has 2 aromatic heterocycles. The number of amides is 1. The number of nitrogens with zero attached hydrogens (tertiary/aromatic N) is 1. The van der Waals surface area contributed by atoms with Gasteiger partial charge in [-0.1, -0.05) is 6.07 Å². The van der Waals surface area contributed by atoms with E-state index in [1.165, 1.54) is 24.4 Å². The summed E-state index contributed by atoms with van der Waals surface area (Å²) in [5.41, 5.74) is 1.54. The van der Waals surface area contributed by atoms with Crippen molar-refractivity contribution in [3.05, 3.63) is 65.9 Å². The Kier molecular flexibility index (Phi) is 3.65. The summed E-state index contributed by atoms with van der Waals surface area (Å²) < 4.78 is 13.3. The Hall–Kier alpha value is -3.02. The van der Waals surface area contributed by atoms with Gasteiger partial charge in [-0.25, -0.2) is 4.39 Å². The van der Waals surface area contributed by atoms with Crippen LogP contribution in [-0.2, 0) is 11.3 Å². The molecule has 110 valence electrons. The van der Waals surface area contributed by atoms with Gasteiger partial charge >= 0.3 is 0 Å². The Balaban J connectivity index is 1.77. The summed E-state index contributed by atoms with van der Waals surface area (Å²) in [6.07, 6.45) is 4.64. The zero-order chi connectivity index (χ0) is 15.5. The summed E-state index contributed by atoms with van der Waals surface area (Å²) in [6, 6.07) is 7.57. The number of aromatic amines is 1. The lowest BCUT2D eigenvalue weighted by Crippen LogP contribution is -2.30. The van der Waals surface area contributed by atoms with Crippen molar-refractivity contribution < 1.29 is 14.0 Å². The third-order valence-electron chi connectivity index (χ3n) is 3.27. The van der Waals surface area contributed by atoms with Gasteiger partial charge in [0.05, 0.1) is 5.56 Å². The normalized spacial score (nSPS) is 10.6. The SMILES string of the molecule is O=C(NCc1cccnc1)C(=O)c1c[nH]c2ccc(F)cc12. The van der Waals surface area contributed by atoms with E-state index < -0.39 is 17.5 Å². The maximum absolute atomic E-state index is 13.3. The fourth-order valence-electron chi connectivity index (χ4n) is 2.17. The summed E-state index contributed by atoms with van der Waals surface area (Å²) in [6.45, 7) is 0.204. The number of carbonyl (C=O) groups excluding carboxylic acids is 2. The zero-order valence-corrected chi connectivity index (χ0v) is 11.5. The quantitative estimate of drug-likeness (QED) is 0.572. The number of ketones is 1. The average molecular weight is 297 g/mol. The van der Waals surface area contributed by atoms with Gasteiger partial charge in [-0.05, 0) is 29.8 Å². The van der Waals surface area contributed by atoms with E-state index in [0.717, 1.165) is 5.56 Å². The van der Waals surface area contributed by atoms with Crippen molar-refractivity contribution in [2.24, 2.45) is 0 Å². The molecule has 6 heteroatoms. The Morgan fingerprint density at radius 3 is 2.91 bits per heavy atom. The summed E-state index contributed by atoms with van der Waals surface area (Å²) in [4.78, 5) is 30.9. The van der Waals surface area contributed by atoms with Crippen molar-refractivity contribution in [3.63, 3.8) is 0 Å². The second kappa shape index (κ2) is 5.77. The van der Waals surface area contributed by atoms with Crippen molar-refractivity contribution in [1.29, 1.82) is 0 Å². The van der Waals surface area contributed by atoms with E-state index in [9.17, 15) is 14.0 Å². The van der Waals surface area contributed by atoms with Crippen molar-refractivity contribution in [2.75, 3.05) is 0 Å². The van der Waals surface area contributed by atoms with E-state index in [1.807, 2.05) is 0 Å². The van der Waals surface area contributed by atoms with Gasteiger partial charge in [0.1, 0.15) is 5.82 Å². The largest absolute Gasteiger partial charge is 0.360 e. The van der Waals surface area contributed by atoms with E-state index >= 15 is 0 Å². The molecular weight excluding hydrogens is 285 g/mol. The first kappa shape index (κ1) is 13.9. The lowest BCUT2D eigenvalue weighted by molar-refractivity contribution is -0.117. The maximum Gasteiger partial charge on any atom is 0.292 e. The Morgan fingerprint density at radius 2 is 2.14 bits per heavy atom. The number of H-pyrrole nitrogens is 1. The molecule has 2 N–H and O–H groups in total. The van der Waals surface area contributed by atoms with Crippen molar-refractivity contribution in [3.8, 4) is 0 Å². The van der Waals surface area contributed by atoms with Crippen LogP contribution in [0.2, 0.25) is 0 Å². The minimum absolute atomic E-state index is 0.151. The number of nitrogens with one attached hydrogen (secondary N) is 2. The Bertz CT molecular complexity index is 843. The number of rotatable bonds is 4. The minimum Gasteiger partial charge on any atom is -0.360 e. The third-order valence-corrected chi connectivity index (χ3v) is 3.27. The van der Waals surface area contributed by atoms with Crippen LogP contribution in [0, 0.1) is 5.82 Å². The van der Waals surface area contributed by atoms with Crippen LogP contribution in [0.15, 0.2) is 48.9 Å². The van der Waals surface area contributed by atoms with Gasteiger partial charge in [-0.2, -0.15) is 0 Å². The Labute approximate surface area is 125 Å². The van der Waals surface area contributed by atoms with Crippen molar-refractivity contribution in [1.82, 2.24) is 15.3 Å². The van der Waals surface area contributed by atoms with Crippen molar-refractivity contribution in [2.45, 2.75) is 6.54 Å². The van der Waals surface area contributed by atoms with Crippen LogP contribution in [0.25, 0.3) is 10.9 Å². The highest BCUT2D eigenvalue weighted by atomic mass is 19.1. The summed E-state index contributed by atoms with van der Waals surface area (Å²) >= 11 is 0. The van der Waals surface area contributed by atoms with Gasteiger partial charge in [-0.3, -0.25) is 14.6 Å². The molecule has 0 bridgehead atoms. The number of fused-ring (bicyclic) bond motifs is 1. The molecule has 0 atom stereocenters. The van der Waals surface area contributed by atoms with Crippen LogP contribution < -0.4 is 5.32 Å². The standard InChI is InChI=1S/C16H12FN3O2/c17-11-3-4-14-12(6-11)13(9-19-14)15(21)16(22)20-8-10-2-1-5-18-7-10/h1-7,9,19H,8H2,(H,20,22). The lowest BCUT2D eigenvalue weighted by Gasteiger charge is -2.03. The maximum atomic E-state index is 13.3. The monoisotopic (exact) mass is 297 g/mol. The fraction of sp³-hybridized carbons (Fsp3) is 0.0625. The van der Waals surface area contributed by atoms with Crippen LogP contribution in [0.3, 0.4) is 0 Å². The predicted molar refractivity (Wildman–Crippen MR) is 78.7 cm³/mol. The van der Waals surface area contributed by atoms with E-state index in [1.54, 1.807) is 24.5 Å². The molecule has 1 amide bonds. The first-order valence-corrected chi connectivity index (χ1v) is 6.63. The molecule has 0 aliphatic carbocycles. The highest BCUT2D eigenvalue weighted by molar-refractivity contribution is 6.44. The second-order valence-electron chi connectivity index (χ2n) is 4.77. The predicted octanol–water partition coefficient (Wildman–Crippen LogP) is 2.20. The Morgan fingerprint density at radius 1 is 1.27 bits per heavy atom. The molecule has 0 spiro atoms. The van der Waals surface area contributed by atoms with Gasteiger partial charge in [0.2, 0.25) is 0 Å². The van der Waals surface area contributed by atoms with Gasteiger partial charge in [0, 0.05) is 36.0 Å². The summed E-state index contributed by atoms with van der Waals surface area (Å²) in [5, 5.41) is 2.92. The highest BCUT2D eigenvalue weighted by Crippen LogP contribution is 2.19. The first-order valence-electron chi connectivity index (χ1n) is 6.63. The molecule has 1 aromatic carbocycles. The summed E-state index contributed by atoms with van der Waals surface area (Å²) in [7, 11) is 0. The smallest absolute Gasteiger partial charge is 0.292 e. The number of hydrogen-bond acceptors (Lipinski definition) is 3. The number of pyridine rings is 1. The molecular formula is C16H12FN3O2. The molecule has 5 nitrogen and oxygen atoms in total. The second-order valence-corrected chi connectivity index (χ2v) is 4.77. The number of hydrogen-bond donors (Lipinski definition) is 2. The molecule has 0 aliphatic heterocycles. The number of Topliss-reactive ketones (excluding diaryl/α,β-unsaturated/α-hetero) is 1. The van der Waals surface area contributed by atoms with E-state index in [0.29, 0.717) is 10.9 Å². The van der Waals surface area contributed by atoms with Crippen LogP contribution in [-0.4, -0.2) is 21.7 Å². The van der Waals surface area contributed by atoms with Crippen LogP contribution in [0.5, 0.6) is 0 Å². The van der Waals surface area contributed by atoms with E-state index in [-0.39, 0.29) is 12.1 Å². The number of halogens is 1. The van der Waals surface area contributed by atoms with Gasteiger partial charge in [0.25, 0.3) is 11.7 Å². The molecule has 0 fully saturated rings. The molecule has 0 saturated carbocycles. The topological polar surface area (TPSA) is 74.8 Å². The number of carbonyl (C=O) groups is 2. The molecule has 0 saturated heterocycles. The minimum atomic E-state index is -0.742. The van der Waals surface area contributed by atoms with Crippen LogP contribution in [0.4, 0.5) is 4.39 Å². The molecule has 2 heterocycles. The molecule has 22 heavy (non-hydrogen) atoms. The van der Waals surface area contributed by atoms with Crippen LogP contribution >= 0.6 is 0 Å². The van der Waals surface area contributed by atoms with Crippen LogP contribution in [0.1, 0.15) is 15.9 Å². The van der Waals surface area contributed by atoms with Gasteiger partial charge in [0.15, 0.2) is 0 Å². The van der Waals surface area contributed by atoms with Gasteiger partial charge < -0.3 is 10.3 Å². The average Bonchev–Trinajstić information content (AvgIpc) is 2.95. The molecule has 0 radical (unpaired) electrons. The number of benzene rings is 1. The molecule has 3 rings (SSSR count). The fourth-order valence-corrected chi connectivity index (χ4v) is 2.17.